The molecule has 0 atom stereocenters. The molecule has 0 radical (unpaired) electrons. The van der Waals surface area contributed by atoms with Crippen molar-refractivity contribution in [3.63, 3.8) is 0 Å². The maximum atomic E-state index is 4.63. The zero-order chi connectivity index (χ0) is 14.8. The molecular formula is C17H12N4S. The Morgan fingerprint density at radius 3 is 2.59 bits per heavy atom. The van der Waals surface area contributed by atoms with Crippen LogP contribution in [0.1, 0.15) is 0 Å². The Labute approximate surface area is 131 Å². The summed E-state index contributed by atoms with van der Waals surface area (Å²) in [6.07, 6.45) is 1.57. The van der Waals surface area contributed by atoms with Gasteiger partial charge in [0, 0.05) is 16.3 Å². The van der Waals surface area contributed by atoms with Crippen molar-refractivity contribution in [3.05, 3.63) is 66.3 Å². The van der Waals surface area contributed by atoms with Gasteiger partial charge in [-0.2, -0.15) is 0 Å². The summed E-state index contributed by atoms with van der Waals surface area (Å²) in [7, 11) is 0. The van der Waals surface area contributed by atoms with E-state index in [2.05, 4.69) is 32.4 Å². The number of rotatable bonds is 3. The third-order valence-corrected chi connectivity index (χ3v) is 4.10. The molecule has 4 rings (SSSR count). The highest BCUT2D eigenvalue weighted by Crippen LogP contribution is 2.28. The van der Waals surface area contributed by atoms with E-state index in [0.29, 0.717) is 0 Å². The highest BCUT2D eigenvalue weighted by Gasteiger charge is 2.07. The number of benzene rings is 2. The smallest absolute Gasteiger partial charge is 0.188 e. The first-order valence-electron chi connectivity index (χ1n) is 6.88. The van der Waals surface area contributed by atoms with Crippen molar-refractivity contribution in [3.8, 4) is 11.3 Å². The van der Waals surface area contributed by atoms with E-state index in [4.69, 9.17) is 0 Å². The molecule has 106 valence electrons. The average molecular weight is 304 g/mol. The Balaban J connectivity index is 1.68. The SMILES string of the molecule is c1ccc(-c2csc(Nc3ncnc4ccccc34)n2)cc1. The molecule has 5 heteroatoms. The zero-order valence-electron chi connectivity index (χ0n) is 11.6. The van der Waals surface area contributed by atoms with Crippen LogP contribution in [0.3, 0.4) is 0 Å². The second-order valence-corrected chi connectivity index (χ2v) is 5.63. The van der Waals surface area contributed by atoms with Gasteiger partial charge in [0.25, 0.3) is 0 Å². The zero-order valence-corrected chi connectivity index (χ0v) is 12.4. The number of para-hydroxylation sites is 1. The van der Waals surface area contributed by atoms with Crippen LogP contribution in [0.4, 0.5) is 10.9 Å². The normalized spacial score (nSPS) is 10.7. The Hall–Kier alpha value is -2.79. The summed E-state index contributed by atoms with van der Waals surface area (Å²) in [6, 6.07) is 18.1. The topological polar surface area (TPSA) is 50.7 Å². The molecule has 2 heterocycles. The fraction of sp³-hybridized carbons (Fsp3) is 0. The third kappa shape index (κ3) is 2.42. The van der Waals surface area contributed by atoms with Crippen molar-refractivity contribution in [1.82, 2.24) is 15.0 Å². The fourth-order valence-corrected chi connectivity index (χ4v) is 3.00. The number of fused-ring (bicyclic) bond motifs is 1. The van der Waals surface area contributed by atoms with E-state index in [1.165, 1.54) is 0 Å². The molecular weight excluding hydrogens is 292 g/mol. The van der Waals surface area contributed by atoms with Crippen LogP contribution in [0, 0.1) is 0 Å². The Morgan fingerprint density at radius 1 is 0.864 bits per heavy atom. The number of hydrogen-bond donors (Lipinski definition) is 1. The number of thiazole rings is 1. The monoisotopic (exact) mass is 304 g/mol. The Bertz CT molecular complexity index is 913. The molecule has 1 N–H and O–H groups in total. The first kappa shape index (κ1) is 12.9. The lowest BCUT2D eigenvalue weighted by atomic mass is 10.2. The molecule has 2 aromatic carbocycles. The minimum Gasteiger partial charge on any atom is -0.316 e. The summed E-state index contributed by atoms with van der Waals surface area (Å²) in [5, 5.41) is 7.15. The quantitative estimate of drug-likeness (QED) is 0.605. The van der Waals surface area contributed by atoms with Crippen molar-refractivity contribution in [2.24, 2.45) is 0 Å². The second-order valence-electron chi connectivity index (χ2n) is 4.77. The fourth-order valence-electron chi connectivity index (χ4n) is 2.28. The van der Waals surface area contributed by atoms with E-state index < -0.39 is 0 Å². The molecule has 2 aromatic heterocycles. The van der Waals surface area contributed by atoms with Crippen molar-refractivity contribution >= 4 is 33.2 Å². The van der Waals surface area contributed by atoms with Crippen LogP contribution in [0.25, 0.3) is 22.2 Å². The molecule has 0 aliphatic carbocycles. The summed E-state index contributed by atoms with van der Waals surface area (Å²) >= 11 is 1.57. The van der Waals surface area contributed by atoms with Gasteiger partial charge < -0.3 is 5.32 Å². The van der Waals surface area contributed by atoms with Crippen LogP contribution < -0.4 is 5.32 Å². The number of hydrogen-bond acceptors (Lipinski definition) is 5. The van der Waals surface area contributed by atoms with Gasteiger partial charge >= 0.3 is 0 Å². The van der Waals surface area contributed by atoms with Crippen molar-refractivity contribution < 1.29 is 0 Å². The minimum absolute atomic E-state index is 0.777. The summed E-state index contributed by atoms with van der Waals surface area (Å²) in [5.41, 5.74) is 2.99. The van der Waals surface area contributed by atoms with Gasteiger partial charge in [-0.05, 0) is 12.1 Å². The molecule has 0 fully saturated rings. The van der Waals surface area contributed by atoms with Gasteiger partial charge in [0.05, 0.1) is 11.2 Å². The third-order valence-electron chi connectivity index (χ3n) is 3.34. The van der Waals surface area contributed by atoms with Gasteiger partial charge in [0.1, 0.15) is 12.1 Å². The van der Waals surface area contributed by atoms with Gasteiger partial charge in [0.15, 0.2) is 5.13 Å². The van der Waals surface area contributed by atoms with Gasteiger partial charge in [-0.15, -0.1) is 11.3 Å². The summed E-state index contributed by atoms with van der Waals surface area (Å²) in [6.45, 7) is 0. The van der Waals surface area contributed by atoms with Crippen LogP contribution in [0.15, 0.2) is 66.3 Å². The van der Waals surface area contributed by atoms with Gasteiger partial charge in [0.2, 0.25) is 0 Å². The maximum Gasteiger partial charge on any atom is 0.188 e. The highest BCUT2D eigenvalue weighted by molar-refractivity contribution is 7.14. The van der Waals surface area contributed by atoms with Crippen LogP contribution in [-0.4, -0.2) is 15.0 Å². The molecule has 0 bridgehead atoms. The molecule has 0 spiro atoms. The predicted octanol–water partition coefficient (Wildman–Crippen LogP) is 4.50. The number of aromatic nitrogens is 3. The summed E-state index contributed by atoms with van der Waals surface area (Å²) in [5.74, 6) is 0.777. The van der Waals surface area contributed by atoms with E-state index in [0.717, 1.165) is 33.1 Å². The second kappa shape index (κ2) is 5.54. The van der Waals surface area contributed by atoms with Gasteiger partial charge in [-0.3, -0.25) is 0 Å². The molecule has 0 amide bonds. The Morgan fingerprint density at radius 2 is 1.68 bits per heavy atom. The molecule has 0 unspecified atom stereocenters. The molecule has 4 nitrogen and oxygen atoms in total. The molecule has 0 saturated heterocycles. The largest absolute Gasteiger partial charge is 0.316 e. The van der Waals surface area contributed by atoms with E-state index in [1.54, 1.807) is 17.7 Å². The van der Waals surface area contributed by atoms with Crippen LogP contribution >= 0.6 is 11.3 Å². The predicted molar refractivity (Wildman–Crippen MR) is 90.4 cm³/mol. The molecule has 0 saturated carbocycles. The lowest BCUT2D eigenvalue weighted by Gasteiger charge is -2.04. The van der Waals surface area contributed by atoms with Crippen LogP contribution in [-0.2, 0) is 0 Å². The van der Waals surface area contributed by atoms with Crippen molar-refractivity contribution in [2.75, 3.05) is 5.32 Å². The van der Waals surface area contributed by atoms with E-state index in [9.17, 15) is 0 Å². The lowest BCUT2D eigenvalue weighted by Crippen LogP contribution is -1.95. The average Bonchev–Trinajstić information content (AvgIpc) is 3.05. The first-order valence-corrected chi connectivity index (χ1v) is 7.76. The molecule has 22 heavy (non-hydrogen) atoms. The number of nitrogens with one attached hydrogen (secondary N) is 1. The summed E-state index contributed by atoms with van der Waals surface area (Å²) in [4.78, 5) is 13.2. The lowest BCUT2D eigenvalue weighted by molar-refractivity contribution is 1.21. The number of anilines is 2. The van der Waals surface area contributed by atoms with Crippen LogP contribution in [0.5, 0.6) is 0 Å². The van der Waals surface area contributed by atoms with E-state index in [1.807, 2.05) is 47.8 Å². The molecule has 0 aliphatic rings. The van der Waals surface area contributed by atoms with Gasteiger partial charge in [-0.1, -0.05) is 42.5 Å². The van der Waals surface area contributed by atoms with Gasteiger partial charge in [-0.25, -0.2) is 15.0 Å². The van der Waals surface area contributed by atoms with Crippen LogP contribution in [0.2, 0.25) is 0 Å². The van der Waals surface area contributed by atoms with E-state index >= 15 is 0 Å². The number of nitrogens with zero attached hydrogens (tertiary/aromatic N) is 3. The van der Waals surface area contributed by atoms with Crippen molar-refractivity contribution in [2.45, 2.75) is 0 Å². The molecule has 0 aliphatic heterocycles. The van der Waals surface area contributed by atoms with Crippen molar-refractivity contribution in [1.29, 1.82) is 0 Å². The minimum atomic E-state index is 0.777. The Kier molecular flexibility index (Phi) is 3.25. The summed E-state index contributed by atoms with van der Waals surface area (Å²) < 4.78 is 0. The first-order chi connectivity index (χ1) is 10.9. The highest BCUT2D eigenvalue weighted by atomic mass is 32.1. The van der Waals surface area contributed by atoms with E-state index in [-0.39, 0.29) is 0 Å². The maximum absolute atomic E-state index is 4.63. The standard InChI is InChI=1S/C17H12N4S/c1-2-6-12(7-3-1)15-10-22-17(20-15)21-16-13-8-4-5-9-14(13)18-11-19-16/h1-11H,(H,18,19,20,21). The molecule has 4 aromatic rings.